The number of halogens is 3. The molecule has 0 aromatic heterocycles. The van der Waals surface area contributed by atoms with Crippen LogP contribution in [0.2, 0.25) is 0 Å². The van der Waals surface area contributed by atoms with Gasteiger partial charge >= 0.3 is 12.1 Å². The number of fused-ring (bicyclic) bond motifs is 7. The molecular formula is C22H20F3NO2. The number of benzene rings is 2. The van der Waals surface area contributed by atoms with Crippen LogP contribution >= 0.6 is 0 Å². The predicted molar refractivity (Wildman–Crippen MR) is 98.3 cm³/mol. The van der Waals surface area contributed by atoms with Gasteiger partial charge in [-0.25, -0.2) is 4.79 Å². The summed E-state index contributed by atoms with van der Waals surface area (Å²) in [6.07, 6.45) is -1.12. The Bertz CT molecular complexity index is 955. The van der Waals surface area contributed by atoms with Gasteiger partial charge in [0.1, 0.15) is 0 Å². The van der Waals surface area contributed by atoms with Gasteiger partial charge in [-0.3, -0.25) is 0 Å². The average molecular weight is 387 g/mol. The van der Waals surface area contributed by atoms with Crippen molar-refractivity contribution in [2.75, 3.05) is 5.32 Å². The van der Waals surface area contributed by atoms with Crippen LogP contribution in [0.15, 0.2) is 42.5 Å². The van der Waals surface area contributed by atoms with Gasteiger partial charge in [0.05, 0.1) is 22.9 Å². The normalized spacial score (nSPS) is 30.5. The predicted octanol–water partition coefficient (Wildman–Crippen LogP) is 5.70. The minimum atomic E-state index is -4.40. The molecular weight excluding hydrogens is 367 g/mol. The quantitative estimate of drug-likeness (QED) is 0.695. The van der Waals surface area contributed by atoms with Crippen molar-refractivity contribution in [2.45, 2.75) is 37.4 Å². The Morgan fingerprint density at radius 2 is 1.82 bits per heavy atom. The summed E-state index contributed by atoms with van der Waals surface area (Å²) in [4.78, 5) is 11.8. The highest BCUT2D eigenvalue weighted by Crippen LogP contribution is 2.64. The number of alkyl halides is 3. The van der Waals surface area contributed by atoms with Crippen molar-refractivity contribution < 1.29 is 23.1 Å². The third kappa shape index (κ3) is 2.54. The van der Waals surface area contributed by atoms with Gasteiger partial charge in [-0.05, 0) is 72.3 Å². The summed E-state index contributed by atoms with van der Waals surface area (Å²) in [5, 5.41) is 13.0. The van der Waals surface area contributed by atoms with Gasteiger partial charge in [-0.15, -0.1) is 0 Å². The van der Waals surface area contributed by atoms with Gasteiger partial charge in [0.15, 0.2) is 0 Å². The molecule has 5 rings (SSSR count). The molecule has 1 heterocycles. The summed E-state index contributed by atoms with van der Waals surface area (Å²) in [5.74, 6) is 0.318. The molecule has 2 saturated carbocycles. The molecule has 1 aliphatic heterocycles. The molecule has 2 aromatic carbocycles. The smallest absolute Gasteiger partial charge is 0.416 e. The third-order valence-electron chi connectivity index (χ3n) is 6.92. The number of carbonyl (C=O) groups is 1. The Hall–Kier alpha value is -2.50. The summed E-state index contributed by atoms with van der Waals surface area (Å²) in [7, 11) is 0. The van der Waals surface area contributed by atoms with E-state index in [1.165, 1.54) is 12.1 Å². The van der Waals surface area contributed by atoms with Crippen molar-refractivity contribution in [1.29, 1.82) is 0 Å². The maximum absolute atomic E-state index is 13.3. The minimum Gasteiger partial charge on any atom is -0.478 e. The van der Waals surface area contributed by atoms with Gasteiger partial charge in [0.2, 0.25) is 0 Å². The van der Waals surface area contributed by atoms with Crippen molar-refractivity contribution in [2.24, 2.45) is 17.8 Å². The summed E-state index contributed by atoms with van der Waals surface area (Å²) in [6, 6.07) is 10.5. The highest BCUT2D eigenvalue weighted by atomic mass is 19.4. The van der Waals surface area contributed by atoms with E-state index in [9.17, 15) is 23.1 Å². The fraction of sp³-hybridized carbons (Fsp3) is 0.409. The first kappa shape index (κ1) is 17.6. The Morgan fingerprint density at radius 1 is 1.07 bits per heavy atom. The fourth-order valence-electron chi connectivity index (χ4n) is 5.93. The lowest BCUT2D eigenvalue weighted by Crippen LogP contribution is -2.36. The van der Waals surface area contributed by atoms with Gasteiger partial charge in [-0.1, -0.05) is 24.3 Å². The molecule has 0 spiro atoms. The zero-order valence-electron chi connectivity index (χ0n) is 15.0. The molecule has 5 atom stereocenters. The van der Waals surface area contributed by atoms with E-state index in [4.69, 9.17) is 0 Å². The molecule has 28 heavy (non-hydrogen) atoms. The van der Waals surface area contributed by atoms with E-state index in [1.807, 2.05) is 6.07 Å². The zero-order valence-corrected chi connectivity index (χ0v) is 15.0. The first-order valence-electron chi connectivity index (χ1n) is 9.64. The zero-order chi connectivity index (χ0) is 19.6. The number of hydrogen-bond donors (Lipinski definition) is 2. The molecule has 2 N–H and O–H groups in total. The van der Waals surface area contributed by atoms with Gasteiger partial charge in [0, 0.05) is 0 Å². The van der Waals surface area contributed by atoms with Crippen LogP contribution in [0, 0.1) is 17.8 Å². The second-order valence-corrected chi connectivity index (χ2v) is 8.26. The molecule has 3 nitrogen and oxygen atoms in total. The molecule has 2 bridgehead atoms. The van der Waals surface area contributed by atoms with Crippen LogP contribution in [0.4, 0.5) is 18.9 Å². The largest absolute Gasteiger partial charge is 0.478 e. The SMILES string of the molecule is O=C(O)c1cccc2c1N[C@H](c1cccc(C(F)(F)F)c1)[C@@H]1[C@@H]3CC[C@@H](C3)[C@H]21. The number of nitrogens with one attached hydrogen (secondary N) is 1. The number of para-hydroxylation sites is 1. The van der Waals surface area contributed by atoms with E-state index < -0.39 is 17.7 Å². The number of carboxylic acids is 1. The molecule has 0 saturated heterocycles. The Labute approximate surface area is 160 Å². The molecule has 3 aliphatic rings. The molecule has 2 aliphatic carbocycles. The lowest BCUT2D eigenvalue weighted by atomic mass is 9.67. The molecule has 2 aromatic rings. The summed E-state index contributed by atoms with van der Waals surface area (Å²) < 4.78 is 39.8. The number of carboxylic acid groups (broad SMARTS) is 1. The molecule has 6 heteroatoms. The van der Waals surface area contributed by atoms with E-state index in [1.54, 1.807) is 18.2 Å². The summed E-state index contributed by atoms with van der Waals surface area (Å²) >= 11 is 0. The van der Waals surface area contributed by atoms with Crippen LogP contribution in [0.3, 0.4) is 0 Å². The van der Waals surface area contributed by atoms with Crippen molar-refractivity contribution in [3.8, 4) is 0 Å². The van der Waals surface area contributed by atoms with E-state index in [0.29, 0.717) is 23.1 Å². The van der Waals surface area contributed by atoms with E-state index in [2.05, 4.69) is 5.32 Å². The monoisotopic (exact) mass is 387 g/mol. The van der Waals surface area contributed by atoms with E-state index >= 15 is 0 Å². The van der Waals surface area contributed by atoms with Crippen LogP contribution in [0.1, 0.15) is 58.3 Å². The topological polar surface area (TPSA) is 49.3 Å². The highest BCUT2D eigenvalue weighted by Gasteiger charge is 2.54. The van der Waals surface area contributed by atoms with Crippen LogP contribution in [0.25, 0.3) is 0 Å². The van der Waals surface area contributed by atoms with Gasteiger partial charge < -0.3 is 10.4 Å². The third-order valence-corrected chi connectivity index (χ3v) is 6.92. The molecule has 0 unspecified atom stereocenters. The standard InChI is InChI=1S/C22H20F3NO2/c23-22(24,25)14-4-1-3-13(10-14)19-18-12-8-7-11(9-12)17(18)15-5-2-6-16(21(27)28)20(15)26-19/h1-6,10-12,17-19,26H,7-9H2,(H,27,28)/t11-,12+,17+,18+,19+/m0/s1. The van der Waals surface area contributed by atoms with Crippen LogP contribution in [-0.2, 0) is 6.18 Å². The van der Waals surface area contributed by atoms with Crippen LogP contribution < -0.4 is 5.32 Å². The lowest BCUT2D eigenvalue weighted by molar-refractivity contribution is -0.137. The minimum absolute atomic E-state index is 0.190. The van der Waals surface area contributed by atoms with Gasteiger partial charge in [-0.2, -0.15) is 13.2 Å². The van der Waals surface area contributed by atoms with E-state index in [0.717, 1.165) is 30.9 Å². The van der Waals surface area contributed by atoms with Crippen molar-refractivity contribution in [3.63, 3.8) is 0 Å². The number of rotatable bonds is 2. The Morgan fingerprint density at radius 3 is 2.57 bits per heavy atom. The number of hydrogen-bond acceptors (Lipinski definition) is 2. The second kappa shape index (κ2) is 6.00. The lowest BCUT2D eigenvalue weighted by Gasteiger charge is -2.44. The van der Waals surface area contributed by atoms with Crippen LogP contribution in [-0.4, -0.2) is 11.1 Å². The summed E-state index contributed by atoms with van der Waals surface area (Å²) in [6.45, 7) is 0. The van der Waals surface area contributed by atoms with Gasteiger partial charge in [0.25, 0.3) is 0 Å². The first-order chi connectivity index (χ1) is 13.3. The maximum atomic E-state index is 13.3. The van der Waals surface area contributed by atoms with Crippen LogP contribution in [0.5, 0.6) is 0 Å². The first-order valence-corrected chi connectivity index (χ1v) is 9.64. The fourth-order valence-corrected chi connectivity index (χ4v) is 5.93. The Balaban J connectivity index is 1.65. The maximum Gasteiger partial charge on any atom is 0.416 e. The van der Waals surface area contributed by atoms with Crippen molar-refractivity contribution in [3.05, 3.63) is 64.7 Å². The second-order valence-electron chi connectivity index (χ2n) is 8.26. The number of aromatic carboxylic acids is 1. The van der Waals surface area contributed by atoms with Crippen molar-refractivity contribution >= 4 is 11.7 Å². The molecule has 0 amide bonds. The molecule has 146 valence electrons. The van der Waals surface area contributed by atoms with E-state index in [-0.39, 0.29) is 23.4 Å². The number of anilines is 1. The average Bonchev–Trinajstić information content (AvgIpc) is 3.28. The highest BCUT2D eigenvalue weighted by molar-refractivity contribution is 5.95. The summed E-state index contributed by atoms with van der Waals surface area (Å²) in [5.41, 5.74) is 1.70. The molecule has 2 fully saturated rings. The molecule has 0 radical (unpaired) electrons. The Kier molecular flexibility index (Phi) is 3.77. The van der Waals surface area contributed by atoms with Crippen molar-refractivity contribution in [1.82, 2.24) is 0 Å².